The average Bonchev–Trinajstić information content (AvgIpc) is 3.20. The Balaban J connectivity index is 1.60. The standard InChI is InChI=1S/C19H16FN3O3S/c20-15-7-1-2-8-16(15)23-18-14(6-3-9-21-18)19(25)26-12-17(24)22-11-13-5-4-10-27-13/h1-10H,11-12H2,(H,21,23)(H,22,24). The first-order valence-electron chi connectivity index (χ1n) is 8.06. The number of aromatic nitrogens is 1. The van der Waals surface area contributed by atoms with Gasteiger partial charge in [0.25, 0.3) is 5.91 Å². The molecule has 0 radical (unpaired) electrons. The van der Waals surface area contributed by atoms with Crippen molar-refractivity contribution in [2.75, 3.05) is 11.9 Å². The molecular formula is C19H16FN3O3S. The highest BCUT2D eigenvalue weighted by atomic mass is 32.1. The van der Waals surface area contributed by atoms with Gasteiger partial charge in [0.1, 0.15) is 17.2 Å². The highest BCUT2D eigenvalue weighted by Crippen LogP contribution is 2.21. The van der Waals surface area contributed by atoms with Crippen molar-refractivity contribution in [2.24, 2.45) is 0 Å². The minimum atomic E-state index is -0.729. The van der Waals surface area contributed by atoms with E-state index in [-0.39, 0.29) is 17.1 Å². The Morgan fingerprint density at radius 3 is 2.74 bits per heavy atom. The van der Waals surface area contributed by atoms with Crippen molar-refractivity contribution in [1.82, 2.24) is 10.3 Å². The number of rotatable bonds is 7. The van der Waals surface area contributed by atoms with Gasteiger partial charge in [-0.15, -0.1) is 11.3 Å². The van der Waals surface area contributed by atoms with E-state index < -0.39 is 24.3 Å². The highest BCUT2D eigenvalue weighted by molar-refractivity contribution is 7.09. The fraction of sp³-hybridized carbons (Fsp3) is 0.105. The van der Waals surface area contributed by atoms with Gasteiger partial charge in [-0.1, -0.05) is 18.2 Å². The van der Waals surface area contributed by atoms with Crippen molar-refractivity contribution in [1.29, 1.82) is 0 Å². The van der Waals surface area contributed by atoms with E-state index in [1.807, 2.05) is 17.5 Å². The van der Waals surface area contributed by atoms with Gasteiger partial charge in [0.2, 0.25) is 0 Å². The number of para-hydroxylation sites is 1. The number of ether oxygens (including phenoxy) is 1. The van der Waals surface area contributed by atoms with Crippen LogP contribution < -0.4 is 10.6 Å². The molecule has 2 N–H and O–H groups in total. The molecular weight excluding hydrogens is 369 g/mol. The summed E-state index contributed by atoms with van der Waals surface area (Å²) in [4.78, 5) is 29.2. The Morgan fingerprint density at radius 2 is 1.96 bits per heavy atom. The quantitative estimate of drug-likeness (QED) is 0.609. The lowest BCUT2D eigenvalue weighted by Crippen LogP contribution is -2.28. The van der Waals surface area contributed by atoms with Gasteiger partial charge < -0.3 is 15.4 Å². The zero-order chi connectivity index (χ0) is 19.1. The molecule has 2 heterocycles. The van der Waals surface area contributed by atoms with Crippen LogP contribution in [0.1, 0.15) is 15.2 Å². The maximum Gasteiger partial charge on any atom is 0.342 e. The third kappa shape index (κ3) is 5.11. The van der Waals surface area contributed by atoms with Crippen molar-refractivity contribution in [2.45, 2.75) is 6.54 Å². The normalized spacial score (nSPS) is 10.3. The minimum Gasteiger partial charge on any atom is -0.452 e. The van der Waals surface area contributed by atoms with Gasteiger partial charge in [-0.05, 0) is 35.7 Å². The van der Waals surface area contributed by atoms with Crippen LogP contribution in [0.15, 0.2) is 60.1 Å². The Bertz CT molecular complexity index is 931. The van der Waals surface area contributed by atoms with Gasteiger partial charge in [-0.25, -0.2) is 14.2 Å². The minimum absolute atomic E-state index is 0.104. The third-order valence-electron chi connectivity index (χ3n) is 3.53. The van der Waals surface area contributed by atoms with Crippen molar-refractivity contribution < 1.29 is 18.7 Å². The van der Waals surface area contributed by atoms with Crippen LogP contribution in [0.25, 0.3) is 0 Å². The maximum atomic E-state index is 13.8. The van der Waals surface area contributed by atoms with Crippen LogP contribution in [0, 0.1) is 5.82 Å². The monoisotopic (exact) mass is 385 g/mol. The van der Waals surface area contributed by atoms with E-state index in [1.54, 1.807) is 18.2 Å². The zero-order valence-corrected chi connectivity index (χ0v) is 15.0. The first kappa shape index (κ1) is 18.5. The molecule has 0 aliphatic heterocycles. The highest BCUT2D eigenvalue weighted by Gasteiger charge is 2.16. The second-order valence-electron chi connectivity index (χ2n) is 5.44. The lowest BCUT2D eigenvalue weighted by Gasteiger charge is -2.11. The third-order valence-corrected chi connectivity index (χ3v) is 4.41. The summed E-state index contributed by atoms with van der Waals surface area (Å²) in [6.07, 6.45) is 1.47. The van der Waals surface area contributed by atoms with Crippen molar-refractivity contribution in [3.63, 3.8) is 0 Å². The Hall–Kier alpha value is -3.26. The topological polar surface area (TPSA) is 80.3 Å². The molecule has 27 heavy (non-hydrogen) atoms. The molecule has 0 atom stereocenters. The average molecular weight is 385 g/mol. The molecule has 0 saturated carbocycles. The number of hydrogen-bond acceptors (Lipinski definition) is 6. The predicted octanol–water partition coefficient (Wildman–Crippen LogP) is 3.50. The molecule has 138 valence electrons. The number of amides is 1. The summed E-state index contributed by atoms with van der Waals surface area (Å²) in [6, 6.07) is 12.9. The molecule has 0 saturated heterocycles. The molecule has 0 fully saturated rings. The summed E-state index contributed by atoms with van der Waals surface area (Å²) >= 11 is 1.52. The number of thiophene rings is 1. The molecule has 1 aromatic carbocycles. The fourth-order valence-corrected chi connectivity index (χ4v) is 2.86. The number of hydrogen-bond donors (Lipinski definition) is 2. The van der Waals surface area contributed by atoms with E-state index in [0.717, 1.165) is 4.88 Å². The summed E-state index contributed by atoms with van der Waals surface area (Å²) in [5, 5.41) is 7.34. The largest absolute Gasteiger partial charge is 0.452 e. The fourth-order valence-electron chi connectivity index (χ4n) is 2.22. The molecule has 0 spiro atoms. The van der Waals surface area contributed by atoms with Crippen molar-refractivity contribution in [3.05, 3.63) is 76.4 Å². The van der Waals surface area contributed by atoms with Gasteiger partial charge >= 0.3 is 5.97 Å². The number of carbonyl (C=O) groups excluding carboxylic acids is 2. The Morgan fingerprint density at radius 1 is 1.11 bits per heavy atom. The molecule has 2 aromatic heterocycles. The molecule has 6 nitrogen and oxygen atoms in total. The van der Waals surface area contributed by atoms with Gasteiger partial charge in [0.05, 0.1) is 12.2 Å². The Kier molecular flexibility index (Phi) is 6.11. The predicted molar refractivity (Wildman–Crippen MR) is 100 cm³/mol. The summed E-state index contributed by atoms with van der Waals surface area (Å²) in [6.45, 7) is -0.0424. The maximum absolute atomic E-state index is 13.8. The first-order valence-corrected chi connectivity index (χ1v) is 8.94. The molecule has 0 aliphatic rings. The van der Waals surface area contributed by atoms with Crippen molar-refractivity contribution in [3.8, 4) is 0 Å². The van der Waals surface area contributed by atoms with E-state index in [0.29, 0.717) is 6.54 Å². The Labute approximate surface area is 159 Å². The van der Waals surface area contributed by atoms with Crippen LogP contribution in [-0.4, -0.2) is 23.5 Å². The lowest BCUT2D eigenvalue weighted by atomic mass is 10.2. The molecule has 0 unspecified atom stereocenters. The van der Waals surface area contributed by atoms with E-state index in [2.05, 4.69) is 15.6 Å². The van der Waals surface area contributed by atoms with Gasteiger partial charge in [-0.2, -0.15) is 0 Å². The molecule has 0 aliphatic carbocycles. The van der Waals surface area contributed by atoms with Gasteiger partial charge in [0, 0.05) is 11.1 Å². The van der Waals surface area contributed by atoms with Gasteiger partial charge in [-0.3, -0.25) is 4.79 Å². The van der Waals surface area contributed by atoms with E-state index in [9.17, 15) is 14.0 Å². The first-order chi connectivity index (χ1) is 13.1. The number of benzene rings is 1. The number of carbonyl (C=O) groups is 2. The second-order valence-corrected chi connectivity index (χ2v) is 6.47. The molecule has 8 heteroatoms. The van der Waals surface area contributed by atoms with Crippen LogP contribution in [0.4, 0.5) is 15.9 Å². The van der Waals surface area contributed by atoms with Crippen LogP contribution >= 0.6 is 11.3 Å². The van der Waals surface area contributed by atoms with Crippen LogP contribution in [0.2, 0.25) is 0 Å². The number of nitrogens with zero attached hydrogens (tertiary/aromatic N) is 1. The summed E-state index contributed by atoms with van der Waals surface area (Å²) in [7, 11) is 0. The number of pyridine rings is 1. The summed E-state index contributed by atoms with van der Waals surface area (Å²) < 4.78 is 18.9. The van der Waals surface area contributed by atoms with E-state index >= 15 is 0 Å². The molecule has 3 aromatic rings. The number of anilines is 2. The smallest absolute Gasteiger partial charge is 0.342 e. The summed E-state index contributed by atoms with van der Waals surface area (Å²) in [5.74, 6) is -1.47. The number of nitrogens with one attached hydrogen (secondary N) is 2. The van der Waals surface area contributed by atoms with E-state index in [4.69, 9.17) is 4.74 Å². The van der Waals surface area contributed by atoms with Crippen LogP contribution in [0.3, 0.4) is 0 Å². The molecule has 3 rings (SSSR count). The molecule has 1 amide bonds. The number of esters is 1. The second kappa shape index (κ2) is 8.91. The van der Waals surface area contributed by atoms with Crippen LogP contribution in [-0.2, 0) is 16.1 Å². The van der Waals surface area contributed by atoms with Crippen molar-refractivity contribution >= 4 is 34.7 Å². The summed E-state index contributed by atoms with van der Waals surface area (Å²) in [5.41, 5.74) is 0.283. The van der Waals surface area contributed by atoms with Crippen LogP contribution in [0.5, 0.6) is 0 Å². The lowest BCUT2D eigenvalue weighted by molar-refractivity contribution is -0.124. The number of halogens is 1. The van der Waals surface area contributed by atoms with E-state index in [1.165, 1.54) is 35.7 Å². The zero-order valence-electron chi connectivity index (χ0n) is 14.1. The SMILES string of the molecule is O=C(COC(=O)c1cccnc1Nc1ccccc1F)NCc1cccs1. The van der Waals surface area contributed by atoms with Gasteiger partial charge in [0.15, 0.2) is 6.61 Å². The molecule has 0 bridgehead atoms.